The van der Waals surface area contributed by atoms with Gasteiger partial charge in [-0.3, -0.25) is 5.11 Å². The molecule has 0 heterocycles. The van der Waals surface area contributed by atoms with Crippen LogP contribution in [0.15, 0.2) is 11.3 Å². The topological polar surface area (TPSA) is 19.9 Å². The molecule has 0 bridgehead atoms. The van der Waals surface area contributed by atoms with Crippen LogP contribution in [0.1, 0.15) is 13.8 Å². The molecule has 0 saturated heterocycles. The number of rotatable bonds is 0. The van der Waals surface area contributed by atoms with Crippen LogP contribution in [0.2, 0.25) is 0 Å². The summed E-state index contributed by atoms with van der Waals surface area (Å²) in [6.45, 7) is 3.69. The highest BCUT2D eigenvalue weighted by Crippen LogP contribution is 2.37. The zero-order valence-corrected chi connectivity index (χ0v) is 3.91. The van der Waals surface area contributed by atoms with E-state index in [9.17, 15) is 5.11 Å². The van der Waals surface area contributed by atoms with E-state index in [-0.39, 0.29) is 5.76 Å². The van der Waals surface area contributed by atoms with Crippen molar-refractivity contribution in [3.63, 3.8) is 0 Å². The molecule has 0 N–H and O–H groups in total. The molecule has 0 unspecified atom stereocenters. The molecule has 0 aromatic rings. The van der Waals surface area contributed by atoms with Crippen molar-refractivity contribution in [2.24, 2.45) is 0 Å². The van der Waals surface area contributed by atoms with Crippen LogP contribution in [0, 0.1) is 5.92 Å². The molecule has 6 heavy (non-hydrogen) atoms. The molecule has 0 atom stereocenters. The van der Waals surface area contributed by atoms with Crippen LogP contribution in [0.5, 0.6) is 0 Å². The van der Waals surface area contributed by atoms with E-state index < -0.39 is 0 Å². The highest BCUT2D eigenvalue weighted by atomic mass is 16.3. The van der Waals surface area contributed by atoms with Gasteiger partial charge in [0.25, 0.3) is 0 Å². The molecular weight excluding hydrogens is 76.1 g/mol. The lowest BCUT2D eigenvalue weighted by Crippen LogP contribution is -1.59. The van der Waals surface area contributed by atoms with Gasteiger partial charge in [-0.05, 0) is 19.4 Å². The van der Waals surface area contributed by atoms with Crippen LogP contribution in [0.4, 0.5) is 0 Å². The lowest BCUT2D eigenvalue weighted by atomic mass is 10.4. The second-order valence-corrected chi connectivity index (χ2v) is 1.58. The minimum absolute atomic E-state index is 0.259. The highest BCUT2D eigenvalue weighted by molar-refractivity contribution is 5.52. The smallest absolute Gasteiger partial charge is 0.167 e. The Balaban J connectivity index is 2.54. The predicted octanol–water partition coefficient (Wildman–Crippen LogP) is 1.30. The summed E-state index contributed by atoms with van der Waals surface area (Å²) >= 11 is 0. The zero-order valence-electron chi connectivity index (χ0n) is 3.91. The molecule has 1 rings (SSSR count). The molecule has 0 amide bonds. The van der Waals surface area contributed by atoms with Gasteiger partial charge in [0.1, 0.15) is 0 Å². The van der Waals surface area contributed by atoms with Gasteiger partial charge in [-0.15, -0.1) is 0 Å². The first-order valence-electron chi connectivity index (χ1n) is 1.95. The second kappa shape index (κ2) is 0.780. The van der Waals surface area contributed by atoms with E-state index in [1.165, 1.54) is 0 Å². The molecular formula is C5H6O. The van der Waals surface area contributed by atoms with Gasteiger partial charge < -0.3 is 0 Å². The lowest BCUT2D eigenvalue weighted by molar-refractivity contribution is 0.322. The number of hydrogen-bond donors (Lipinski definition) is 0. The number of hydrogen-bond acceptors (Lipinski definition) is 0. The average Bonchev–Trinajstić information content (AvgIpc) is 1.94. The van der Waals surface area contributed by atoms with Crippen molar-refractivity contribution in [2.75, 3.05) is 0 Å². The Kier molecular flexibility index (Phi) is 0.484. The van der Waals surface area contributed by atoms with Crippen molar-refractivity contribution in [2.45, 2.75) is 13.8 Å². The monoisotopic (exact) mass is 82.0 g/mol. The van der Waals surface area contributed by atoms with E-state index in [1.54, 1.807) is 0 Å². The van der Waals surface area contributed by atoms with Crippen molar-refractivity contribution >= 4 is 0 Å². The Labute approximate surface area is 37.3 Å². The first kappa shape index (κ1) is 3.72. The fraction of sp³-hybridized carbons (Fsp3) is 0.400. The lowest BCUT2D eigenvalue weighted by Gasteiger charge is -1.67. The molecule has 0 aliphatic heterocycles. The van der Waals surface area contributed by atoms with E-state index in [4.69, 9.17) is 0 Å². The van der Waals surface area contributed by atoms with E-state index in [1.807, 2.05) is 13.8 Å². The van der Waals surface area contributed by atoms with Crippen molar-refractivity contribution < 1.29 is 5.11 Å². The summed E-state index contributed by atoms with van der Waals surface area (Å²) in [6.07, 6.45) is 0. The van der Waals surface area contributed by atoms with Gasteiger partial charge in [0.05, 0.1) is 5.92 Å². The van der Waals surface area contributed by atoms with Crippen LogP contribution >= 0.6 is 0 Å². The Hall–Kier alpha value is -0.460. The molecule has 1 nitrogen and oxygen atoms in total. The molecule has 32 valence electrons. The van der Waals surface area contributed by atoms with E-state index in [2.05, 4.69) is 0 Å². The molecule has 0 aromatic heterocycles. The van der Waals surface area contributed by atoms with Crippen LogP contribution in [0.3, 0.4) is 0 Å². The van der Waals surface area contributed by atoms with Crippen molar-refractivity contribution in [3.8, 4) is 0 Å². The minimum Gasteiger partial charge on any atom is -0.294 e. The molecule has 1 aliphatic rings. The summed E-state index contributed by atoms with van der Waals surface area (Å²) < 4.78 is 0. The van der Waals surface area contributed by atoms with Gasteiger partial charge in [0.2, 0.25) is 0 Å². The Morgan fingerprint density at radius 1 is 1.33 bits per heavy atom. The second-order valence-electron chi connectivity index (χ2n) is 1.58. The third-order valence-electron chi connectivity index (χ3n) is 1.18. The summed E-state index contributed by atoms with van der Waals surface area (Å²) in [5.74, 6) is 1.21. The average molecular weight is 82.1 g/mol. The summed E-state index contributed by atoms with van der Waals surface area (Å²) in [4.78, 5) is 0. The Bertz CT molecular complexity index is 90.5. The summed E-state index contributed by atoms with van der Waals surface area (Å²) in [7, 11) is 0. The van der Waals surface area contributed by atoms with E-state index in [0.29, 0.717) is 0 Å². The summed E-state index contributed by atoms with van der Waals surface area (Å²) in [5, 5.41) is 10.1. The molecule has 0 saturated carbocycles. The van der Waals surface area contributed by atoms with Crippen LogP contribution in [-0.4, -0.2) is 0 Å². The molecule has 0 spiro atoms. The fourth-order valence-corrected chi connectivity index (χ4v) is 0.378. The van der Waals surface area contributed by atoms with Gasteiger partial charge >= 0.3 is 0 Å². The first-order chi connectivity index (χ1) is 2.73. The van der Waals surface area contributed by atoms with E-state index in [0.717, 1.165) is 11.5 Å². The quantitative estimate of drug-likeness (QED) is 0.419. The normalized spacial score (nSPS) is 22.3. The number of allylic oxidation sites excluding steroid dienone is 2. The van der Waals surface area contributed by atoms with Crippen LogP contribution < -0.4 is 0 Å². The maximum atomic E-state index is 10.1. The fourth-order valence-electron chi connectivity index (χ4n) is 0.378. The first-order valence-corrected chi connectivity index (χ1v) is 1.95. The van der Waals surface area contributed by atoms with Crippen molar-refractivity contribution in [1.29, 1.82) is 0 Å². The minimum atomic E-state index is 0.259. The Morgan fingerprint density at radius 2 is 1.50 bits per heavy atom. The molecule has 0 aromatic carbocycles. The maximum Gasteiger partial charge on any atom is 0.167 e. The molecule has 0 fully saturated rings. The van der Waals surface area contributed by atoms with Gasteiger partial charge in [-0.25, -0.2) is 0 Å². The van der Waals surface area contributed by atoms with Crippen molar-refractivity contribution in [3.05, 3.63) is 17.3 Å². The van der Waals surface area contributed by atoms with Crippen LogP contribution in [-0.2, 0) is 5.11 Å². The molecule has 2 radical (unpaired) electrons. The predicted molar refractivity (Wildman–Crippen MR) is 22.3 cm³/mol. The summed E-state index contributed by atoms with van der Waals surface area (Å²) in [6, 6.07) is 0. The van der Waals surface area contributed by atoms with Crippen LogP contribution in [0.25, 0.3) is 0 Å². The van der Waals surface area contributed by atoms with E-state index >= 15 is 0 Å². The van der Waals surface area contributed by atoms with Gasteiger partial charge in [-0.1, -0.05) is 0 Å². The standard InChI is InChI=1S/C5H6O/c1-3-4(2)5(3)6/h1-2H3. The Morgan fingerprint density at radius 3 is 1.50 bits per heavy atom. The van der Waals surface area contributed by atoms with Gasteiger partial charge in [-0.2, -0.15) is 0 Å². The SMILES string of the molecule is C[C]1C(C)=C1[O]. The van der Waals surface area contributed by atoms with Crippen molar-refractivity contribution in [1.82, 2.24) is 0 Å². The zero-order chi connectivity index (χ0) is 4.73. The third kappa shape index (κ3) is 0.251. The highest BCUT2D eigenvalue weighted by Gasteiger charge is 2.30. The molecule has 1 aliphatic carbocycles. The molecule has 1 heteroatoms. The largest absolute Gasteiger partial charge is 0.294 e. The van der Waals surface area contributed by atoms with Gasteiger partial charge in [0, 0.05) is 0 Å². The summed E-state index contributed by atoms with van der Waals surface area (Å²) in [5.41, 5.74) is 0.954. The maximum absolute atomic E-state index is 10.1. The van der Waals surface area contributed by atoms with Gasteiger partial charge in [0.15, 0.2) is 5.76 Å². The third-order valence-corrected chi connectivity index (χ3v) is 1.18.